The van der Waals surface area contributed by atoms with Crippen molar-refractivity contribution in [2.45, 2.75) is 32.7 Å². The van der Waals surface area contributed by atoms with Gasteiger partial charge in [-0.15, -0.1) is 10.2 Å². The van der Waals surface area contributed by atoms with Gasteiger partial charge in [0.2, 0.25) is 0 Å². The van der Waals surface area contributed by atoms with Crippen LogP contribution in [0.4, 0.5) is 13.2 Å². The Morgan fingerprint density at radius 2 is 2.05 bits per heavy atom. The van der Waals surface area contributed by atoms with Gasteiger partial charge in [0.25, 0.3) is 5.89 Å². The first-order chi connectivity index (χ1) is 9.40. The fourth-order valence-corrected chi connectivity index (χ4v) is 2.17. The molecule has 3 heterocycles. The minimum Gasteiger partial charge on any atom is -0.410 e. The number of alkyl halides is 3. The number of hydrogen-bond donors (Lipinski definition) is 1. The molecule has 2 aromatic heterocycles. The van der Waals surface area contributed by atoms with E-state index in [0.29, 0.717) is 12.2 Å². The quantitative estimate of drug-likeness (QED) is 0.906. The number of hydroxylamine groups is 2. The van der Waals surface area contributed by atoms with E-state index in [1.165, 1.54) is 0 Å². The van der Waals surface area contributed by atoms with Crippen LogP contribution in [0, 0.1) is 0 Å². The van der Waals surface area contributed by atoms with Crippen LogP contribution in [0.1, 0.15) is 24.2 Å². The average Bonchev–Trinajstić information content (AvgIpc) is 2.99. The molecule has 1 aliphatic rings. The van der Waals surface area contributed by atoms with Gasteiger partial charge >= 0.3 is 12.1 Å². The topological polar surface area (TPSA) is 80.2 Å². The van der Waals surface area contributed by atoms with E-state index in [1.54, 1.807) is 4.57 Å². The highest BCUT2D eigenvalue weighted by molar-refractivity contribution is 5.45. The summed E-state index contributed by atoms with van der Waals surface area (Å²) < 4.78 is 43.6. The van der Waals surface area contributed by atoms with Crippen molar-refractivity contribution in [3.63, 3.8) is 0 Å². The summed E-state index contributed by atoms with van der Waals surface area (Å²) in [4.78, 5) is 4.18. The molecule has 0 aromatic carbocycles. The van der Waals surface area contributed by atoms with Crippen molar-refractivity contribution in [1.82, 2.24) is 24.8 Å². The first kappa shape index (κ1) is 13.1. The number of nitrogens with zero attached hydrogens (tertiary/aromatic N) is 5. The van der Waals surface area contributed by atoms with E-state index in [1.807, 2.05) is 6.92 Å². The predicted octanol–water partition coefficient (Wildman–Crippen LogP) is 1.68. The summed E-state index contributed by atoms with van der Waals surface area (Å²) in [5, 5.41) is 16.9. The van der Waals surface area contributed by atoms with E-state index in [0.717, 1.165) is 10.8 Å². The number of hydrogen-bond acceptors (Lipinski definition) is 6. The highest BCUT2D eigenvalue weighted by atomic mass is 19.4. The van der Waals surface area contributed by atoms with Gasteiger partial charge in [-0.05, 0) is 6.92 Å². The first-order valence-electron chi connectivity index (χ1n) is 5.83. The Labute approximate surface area is 110 Å². The van der Waals surface area contributed by atoms with Crippen LogP contribution in [0.5, 0.6) is 0 Å². The first-order valence-corrected chi connectivity index (χ1v) is 5.83. The van der Waals surface area contributed by atoms with Crippen LogP contribution in [0.2, 0.25) is 0 Å². The Hall–Kier alpha value is -1.94. The van der Waals surface area contributed by atoms with Gasteiger partial charge in [0, 0.05) is 6.54 Å². The van der Waals surface area contributed by atoms with E-state index in [2.05, 4.69) is 19.6 Å². The lowest BCUT2D eigenvalue weighted by Gasteiger charge is -2.08. The van der Waals surface area contributed by atoms with Gasteiger partial charge in [-0.1, -0.05) is 0 Å². The largest absolute Gasteiger partial charge is 0.470 e. The normalized spacial score (nSPS) is 15.8. The zero-order valence-electron chi connectivity index (χ0n) is 10.3. The van der Waals surface area contributed by atoms with E-state index in [-0.39, 0.29) is 24.8 Å². The number of halogens is 3. The number of imidazole rings is 1. The highest BCUT2D eigenvalue weighted by Gasteiger charge is 2.39. The lowest BCUT2D eigenvalue weighted by atomic mass is 10.4. The third kappa shape index (κ3) is 1.96. The molecule has 0 fully saturated rings. The van der Waals surface area contributed by atoms with Crippen molar-refractivity contribution in [2.24, 2.45) is 0 Å². The smallest absolute Gasteiger partial charge is 0.410 e. The molecule has 0 aliphatic carbocycles. The highest BCUT2D eigenvalue weighted by Crippen LogP contribution is 2.32. The Morgan fingerprint density at radius 1 is 1.30 bits per heavy atom. The van der Waals surface area contributed by atoms with Crippen molar-refractivity contribution in [3.05, 3.63) is 17.3 Å². The standard InChI is InChI=1S/C10H10F3N5O2/c1-2-18-6-4-17(19)3-5(6)14-7(18)8-15-16-9(20-8)10(11,12)13/h19H,2-4H2,1H3. The molecule has 1 N–H and O–H groups in total. The van der Waals surface area contributed by atoms with Gasteiger partial charge in [-0.2, -0.15) is 18.2 Å². The van der Waals surface area contributed by atoms with Crippen LogP contribution in [-0.2, 0) is 25.8 Å². The number of aromatic nitrogens is 4. The summed E-state index contributed by atoms with van der Waals surface area (Å²) in [6, 6.07) is 0. The maximum atomic E-state index is 12.4. The molecule has 20 heavy (non-hydrogen) atoms. The number of fused-ring (bicyclic) bond motifs is 1. The molecule has 108 valence electrons. The molecule has 0 radical (unpaired) electrons. The van der Waals surface area contributed by atoms with Gasteiger partial charge < -0.3 is 14.2 Å². The van der Waals surface area contributed by atoms with Crippen molar-refractivity contribution < 1.29 is 22.8 Å². The minimum atomic E-state index is -4.68. The van der Waals surface area contributed by atoms with E-state index in [9.17, 15) is 18.4 Å². The second-order valence-corrected chi connectivity index (χ2v) is 4.31. The number of rotatable bonds is 2. The molecular formula is C10H10F3N5O2. The molecule has 0 amide bonds. The lowest BCUT2D eigenvalue weighted by Crippen LogP contribution is -2.13. The average molecular weight is 289 g/mol. The second kappa shape index (κ2) is 4.28. The Bertz CT molecular complexity index is 648. The van der Waals surface area contributed by atoms with Gasteiger partial charge in [-0.3, -0.25) is 0 Å². The van der Waals surface area contributed by atoms with Crippen LogP contribution >= 0.6 is 0 Å². The van der Waals surface area contributed by atoms with E-state index in [4.69, 9.17) is 0 Å². The lowest BCUT2D eigenvalue weighted by molar-refractivity contribution is -0.157. The summed E-state index contributed by atoms with van der Waals surface area (Å²) >= 11 is 0. The Morgan fingerprint density at radius 3 is 2.65 bits per heavy atom. The van der Waals surface area contributed by atoms with Gasteiger partial charge in [-0.25, -0.2) is 4.98 Å². The zero-order valence-corrected chi connectivity index (χ0v) is 10.3. The molecule has 0 saturated carbocycles. The van der Waals surface area contributed by atoms with E-state index < -0.39 is 12.1 Å². The molecule has 0 atom stereocenters. The van der Waals surface area contributed by atoms with Crippen LogP contribution < -0.4 is 0 Å². The van der Waals surface area contributed by atoms with Crippen molar-refractivity contribution in [1.29, 1.82) is 0 Å². The van der Waals surface area contributed by atoms with E-state index >= 15 is 0 Å². The molecule has 0 bridgehead atoms. The van der Waals surface area contributed by atoms with Crippen LogP contribution in [0.3, 0.4) is 0 Å². The maximum Gasteiger partial charge on any atom is 0.470 e. The fourth-order valence-electron chi connectivity index (χ4n) is 2.17. The van der Waals surface area contributed by atoms with Crippen molar-refractivity contribution >= 4 is 0 Å². The molecule has 10 heteroatoms. The molecule has 0 saturated heterocycles. The molecule has 0 spiro atoms. The Kier molecular flexibility index (Phi) is 2.80. The molecule has 3 rings (SSSR count). The van der Waals surface area contributed by atoms with Crippen molar-refractivity contribution in [2.75, 3.05) is 0 Å². The second-order valence-electron chi connectivity index (χ2n) is 4.31. The van der Waals surface area contributed by atoms with Crippen LogP contribution in [0.15, 0.2) is 4.42 Å². The van der Waals surface area contributed by atoms with Crippen LogP contribution in [-0.4, -0.2) is 30.0 Å². The van der Waals surface area contributed by atoms with Crippen LogP contribution in [0.25, 0.3) is 11.7 Å². The molecule has 0 unspecified atom stereocenters. The summed E-state index contributed by atoms with van der Waals surface area (Å²) in [7, 11) is 0. The third-order valence-electron chi connectivity index (χ3n) is 3.00. The summed E-state index contributed by atoms with van der Waals surface area (Å²) in [5.41, 5.74) is 1.33. The van der Waals surface area contributed by atoms with Gasteiger partial charge in [0.15, 0.2) is 5.82 Å². The summed E-state index contributed by atoms with van der Waals surface area (Å²) in [6.45, 7) is 2.76. The predicted molar refractivity (Wildman–Crippen MR) is 57.2 cm³/mol. The summed E-state index contributed by atoms with van der Waals surface area (Å²) in [5.74, 6) is -1.49. The molecule has 7 nitrogen and oxygen atoms in total. The third-order valence-corrected chi connectivity index (χ3v) is 3.00. The Balaban J connectivity index is 2.03. The monoisotopic (exact) mass is 289 g/mol. The van der Waals surface area contributed by atoms with Crippen molar-refractivity contribution in [3.8, 4) is 11.7 Å². The van der Waals surface area contributed by atoms with Gasteiger partial charge in [0.1, 0.15) is 0 Å². The minimum absolute atomic E-state index is 0.189. The molecule has 2 aromatic rings. The SMILES string of the molecule is CCn1c(-c2nnc(C(F)(F)F)o2)nc2c1CN(O)C2. The maximum absolute atomic E-state index is 12.4. The molecule has 1 aliphatic heterocycles. The van der Waals surface area contributed by atoms with Gasteiger partial charge in [0.05, 0.1) is 24.5 Å². The summed E-state index contributed by atoms with van der Waals surface area (Å²) in [6.07, 6.45) is -4.68. The fraction of sp³-hybridized carbons (Fsp3) is 0.500. The molecular weight excluding hydrogens is 279 g/mol. The zero-order chi connectivity index (χ0) is 14.5.